The van der Waals surface area contributed by atoms with Crippen LogP contribution in [0, 0.1) is 5.92 Å². The third-order valence-electron chi connectivity index (χ3n) is 5.48. The molecule has 0 aliphatic carbocycles. The van der Waals surface area contributed by atoms with Crippen LogP contribution in [0.5, 0.6) is 0 Å². The van der Waals surface area contributed by atoms with Crippen LogP contribution in [0.2, 0.25) is 5.02 Å². The summed E-state index contributed by atoms with van der Waals surface area (Å²) in [5, 5.41) is 12.5. The number of aliphatic hydroxyl groups excluding tert-OH is 1. The molecule has 202 valence electrons. The van der Waals surface area contributed by atoms with Gasteiger partial charge in [0.2, 0.25) is 5.91 Å². The summed E-state index contributed by atoms with van der Waals surface area (Å²) in [5.41, 5.74) is 2.13. The maximum atomic E-state index is 13.4. The summed E-state index contributed by atoms with van der Waals surface area (Å²) in [4.78, 5) is 39.7. The molecule has 3 amide bonds. The number of piperidine rings is 1. The molecule has 10 heteroatoms. The van der Waals surface area contributed by atoms with Gasteiger partial charge in [-0.3, -0.25) is 4.79 Å². The maximum absolute atomic E-state index is 13.4. The van der Waals surface area contributed by atoms with E-state index in [9.17, 15) is 19.5 Å². The lowest BCUT2D eigenvalue weighted by Crippen LogP contribution is -2.56. The highest BCUT2D eigenvalue weighted by molar-refractivity contribution is 6.30. The third-order valence-corrected chi connectivity index (χ3v) is 5.74. The van der Waals surface area contributed by atoms with E-state index >= 15 is 0 Å². The lowest BCUT2D eigenvalue weighted by molar-refractivity contribution is -0.153. The fourth-order valence-electron chi connectivity index (χ4n) is 3.78. The number of rotatable bonds is 6. The maximum Gasteiger partial charge on any atom is 0.426 e. The molecule has 36 heavy (non-hydrogen) atoms. The molecule has 0 aromatic heterocycles. The Morgan fingerprint density at radius 2 is 1.61 bits per heavy atom. The van der Waals surface area contributed by atoms with Crippen LogP contribution in [-0.2, 0) is 20.7 Å². The first kappa shape index (κ1) is 29.7. The van der Waals surface area contributed by atoms with Crippen LogP contribution in [0.1, 0.15) is 72.8 Å². The molecule has 1 aliphatic heterocycles. The van der Waals surface area contributed by atoms with Crippen molar-refractivity contribution in [3.63, 3.8) is 0 Å². The first-order chi connectivity index (χ1) is 16.6. The number of ether oxygens (including phenoxy) is 2. The Morgan fingerprint density at radius 1 is 1.06 bits per heavy atom. The monoisotopic (exact) mass is 525 g/mol. The third kappa shape index (κ3) is 10.2. The van der Waals surface area contributed by atoms with Gasteiger partial charge in [0.25, 0.3) is 0 Å². The number of carbonyl (C=O) groups is 3. The van der Waals surface area contributed by atoms with Crippen LogP contribution >= 0.6 is 11.6 Å². The molecule has 0 bridgehead atoms. The number of aryl methyl sites for hydroxylation is 1. The average molecular weight is 526 g/mol. The number of nitrogens with zero attached hydrogens (tertiary/aromatic N) is 2. The summed E-state index contributed by atoms with van der Waals surface area (Å²) in [7, 11) is 0. The van der Waals surface area contributed by atoms with Crippen molar-refractivity contribution >= 4 is 29.7 Å². The van der Waals surface area contributed by atoms with Crippen LogP contribution in [0.4, 0.5) is 9.59 Å². The quantitative estimate of drug-likeness (QED) is 0.404. The molecule has 0 radical (unpaired) electrons. The molecule has 1 fully saturated rings. The van der Waals surface area contributed by atoms with Gasteiger partial charge in [-0.1, -0.05) is 23.7 Å². The zero-order chi connectivity index (χ0) is 27.1. The Labute approximate surface area is 219 Å². The summed E-state index contributed by atoms with van der Waals surface area (Å²) >= 11 is 5.93. The molecule has 9 nitrogen and oxygen atoms in total. The van der Waals surface area contributed by atoms with Crippen molar-refractivity contribution in [2.24, 2.45) is 5.92 Å². The Morgan fingerprint density at radius 3 is 2.14 bits per heavy atom. The molecular weight excluding hydrogens is 486 g/mol. The van der Waals surface area contributed by atoms with Gasteiger partial charge in [-0.15, -0.1) is 0 Å². The van der Waals surface area contributed by atoms with Crippen molar-refractivity contribution in [1.29, 1.82) is 0 Å². The Balaban J connectivity index is 2.01. The second-order valence-electron chi connectivity index (χ2n) is 11.1. The number of hydrogen-bond acceptors (Lipinski definition) is 6. The largest absolute Gasteiger partial charge is 0.444 e. The summed E-state index contributed by atoms with van der Waals surface area (Å²) in [6.07, 6.45) is -0.179. The molecule has 2 N–H and O–H groups in total. The van der Waals surface area contributed by atoms with E-state index in [0.717, 1.165) is 10.6 Å². The highest BCUT2D eigenvalue weighted by Crippen LogP contribution is 2.23. The minimum Gasteiger partial charge on any atom is -0.444 e. The van der Waals surface area contributed by atoms with Crippen molar-refractivity contribution in [2.45, 2.75) is 91.1 Å². The fourth-order valence-corrected chi connectivity index (χ4v) is 3.90. The van der Waals surface area contributed by atoms with Crippen LogP contribution in [0.15, 0.2) is 24.3 Å². The molecule has 1 atom stereocenters. The number of aliphatic hydroxyl groups is 1. The van der Waals surface area contributed by atoms with E-state index in [0.29, 0.717) is 43.8 Å². The zero-order valence-corrected chi connectivity index (χ0v) is 22.9. The van der Waals surface area contributed by atoms with E-state index in [1.165, 1.54) is 0 Å². The number of hydrogen-bond donors (Lipinski definition) is 2. The molecule has 2 rings (SSSR count). The minimum atomic E-state index is -1.23. The molecule has 1 saturated heterocycles. The predicted octanol–water partition coefficient (Wildman–Crippen LogP) is 4.90. The van der Waals surface area contributed by atoms with Gasteiger partial charge in [0.15, 0.2) is 0 Å². The standard InChI is InChI=1S/C26H40ClN3O6/c1-25(2,3)35-23(33)28-30(21(31)9-7-8-18-10-12-20(27)13-11-18)22(32)19-14-16-29(17-15-19)24(34)36-26(4,5)6/h10-13,19,21,31H,7-9,14-17H2,1-6H3,(H,28,33). The van der Waals surface area contributed by atoms with Gasteiger partial charge in [-0.05, 0) is 91.3 Å². The van der Waals surface area contributed by atoms with Gasteiger partial charge in [0.1, 0.15) is 17.4 Å². The van der Waals surface area contributed by atoms with Crippen molar-refractivity contribution in [2.75, 3.05) is 13.1 Å². The van der Waals surface area contributed by atoms with Crippen molar-refractivity contribution < 1.29 is 29.0 Å². The lowest BCUT2D eigenvalue weighted by Gasteiger charge is -2.36. The van der Waals surface area contributed by atoms with Crippen molar-refractivity contribution in [3.05, 3.63) is 34.9 Å². The highest BCUT2D eigenvalue weighted by Gasteiger charge is 2.35. The minimum absolute atomic E-state index is 0.251. The Hall–Kier alpha value is -2.52. The van der Waals surface area contributed by atoms with Crippen LogP contribution in [0.3, 0.4) is 0 Å². The van der Waals surface area contributed by atoms with Gasteiger partial charge >= 0.3 is 12.2 Å². The highest BCUT2D eigenvalue weighted by atomic mass is 35.5. The zero-order valence-electron chi connectivity index (χ0n) is 22.2. The van der Waals surface area contributed by atoms with Gasteiger partial charge in [-0.2, -0.15) is 0 Å². The normalized spacial score (nSPS) is 15.7. The van der Waals surface area contributed by atoms with Gasteiger partial charge < -0.3 is 19.5 Å². The van der Waals surface area contributed by atoms with E-state index in [-0.39, 0.29) is 6.42 Å². The second kappa shape index (κ2) is 12.6. The number of carbonyl (C=O) groups excluding carboxylic acids is 3. The van der Waals surface area contributed by atoms with E-state index in [4.69, 9.17) is 21.1 Å². The second-order valence-corrected chi connectivity index (χ2v) is 11.5. The van der Waals surface area contributed by atoms with E-state index in [1.807, 2.05) is 12.1 Å². The van der Waals surface area contributed by atoms with Crippen molar-refractivity contribution in [1.82, 2.24) is 15.3 Å². The lowest BCUT2D eigenvalue weighted by atomic mass is 9.95. The summed E-state index contributed by atoms with van der Waals surface area (Å²) in [6, 6.07) is 7.43. The van der Waals surface area contributed by atoms with Crippen LogP contribution < -0.4 is 5.43 Å². The van der Waals surface area contributed by atoms with Gasteiger partial charge in [0, 0.05) is 24.0 Å². The topological polar surface area (TPSA) is 108 Å². The number of nitrogens with one attached hydrogen (secondary N) is 1. The fraction of sp³-hybridized carbons (Fsp3) is 0.654. The first-order valence-electron chi connectivity index (χ1n) is 12.4. The Bertz CT molecular complexity index is 886. The molecule has 1 unspecified atom stereocenters. The van der Waals surface area contributed by atoms with E-state index < -0.39 is 41.4 Å². The average Bonchev–Trinajstić information content (AvgIpc) is 2.76. The van der Waals surface area contributed by atoms with Crippen LogP contribution in [0.25, 0.3) is 0 Å². The van der Waals surface area contributed by atoms with Crippen LogP contribution in [-0.4, -0.2) is 63.6 Å². The summed E-state index contributed by atoms with van der Waals surface area (Å²) in [6.45, 7) is 11.2. The number of amides is 3. The molecule has 1 aromatic rings. The Kier molecular flexibility index (Phi) is 10.4. The number of halogens is 1. The summed E-state index contributed by atoms with van der Waals surface area (Å²) in [5.74, 6) is -0.881. The van der Waals surface area contributed by atoms with Gasteiger partial charge in [0.05, 0.1) is 0 Å². The molecule has 1 heterocycles. The molecule has 1 aromatic carbocycles. The molecule has 0 spiro atoms. The predicted molar refractivity (Wildman–Crippen MR) is 137 cm³/mol. The molecule has 0 saturated carbocycles. The first-order valence-corrected chi connectivity index (χ1v) is 12.8. The number of benzene rings is 1. The molecular formula is C26H40ClN3O6. The molecule has 1 aliphatic rings. The number of likely N-dealkylation sites (tertiary alicyclic amines) is 1. The van der Waals surface area contributed by atoms with E-state index in [1.54, 1.807) is 58.6 Å². The smallest absolute Gasteiger partial charge is 0.426 e. The SMILES string of the molecule is CC(C)(C)OC(=O)NN(C(=O)C1CCN(C(=O)OC(C)(C)C)CC1)C(O)CCCc1ccc(Cl)cc1. The van der Waals surface area contributed by atoms with Gasteiger partial charge in [-0.25, -0.2) is 20.0 Å². The number of hydrazine groups is 1. The summed E-state index contributed by atoms with van der Waals surface area (Å²) < 4.78 is 10.7. The van der Waals surface area contributed by atoms with Crippen molar-refractivity contribution in [3.8, 4) is 0 Å². The van der Waals surface area contributed by atoms with E-state index in [2.05, 4.69) is 5.43 Å².